The standard InChI is InChI=1S/C19H19N3O2/c1-12(2)18-17-15(13-8-9-24-11-13)10-16(23)20-19(17)22(21-18)14-6-4-3-5-7-14/h3-9,11-12,15H,10H2,1-2H3,(H,20,23). The van der Waals surface area contributed by atoms with Crippen LogP contribution in [0.4, 0.5) is 5.82 Å². The Hall–Kier alpha value is -2.82. The first-order valence-electron chi connectivity index (χ1n) is 8.15. The van der Waals surface area contributed by atoms with Gasteiger partial charge in [0.15, 0.2) is 0 Å². The van der Waals surface area contributed by atoms with Crippen molar-refractivity contribution in [1.29, 1.82) is 0 Å². The van der Waals surface area contributed by atoms with E-state index in [2.05, 4.69) is 19.2 Å². The molecule has 4 rings (SSSR count). The molecule has 2 aromatic heterocycles. The van der Waals surface area contributed by atoms with Crippen LogP contribution in [0.2, 0.25) is 0 Å². The molecule has 3 heterocycles. The molecule has 0 bridgehead atoms. The first kappa shape index (κ1) is 14.8. The molecule has 0 fully saturated rings. The molecule has 1 amide bonds. The predicted octanol–water partition coefficient (Wildman–Crippen LogP) is 4.06. The van der Waals surface area contributed by atoms with E-state index in [1.54, 1.807) is 12.5 Å². The lowest BCUT2D eigenvalue weighted by molar-refractivity contribution is -0.116. The van der Waals surface area contributed by atoms with Gasteiger partial charge < -0.3 is 9.73 Å². The van der Waals surface area contributed by atoms with Gasteiger partial charge in [0.05, 0.1) is 23.9 Å². The number of rotatable bonds is 3. The van der Waals surface area contributed by atoms with Crippen molar-refractivity contribution in [3.05, 3.63) is 65.7 Å². The maximum atomic E-state index is 12.3. The fourth-order valence-corrected chi connectivity index (χ4v) is 3.32. The van der Waals surface area contributed by atoms with E-state index in [0.29, 0.717) is 6.42 Å². The first-order valence-corrected chi connectivity index (χ1v) is 8.15. The van der Waals surface area contributed by atoms with Gasteiger partial charge in [0.1, 0.15) is 5.82 Å². The molecule has 0 saturated heterocycles. The maximum absolute atomic E-state index is 12.3. The number of amides is 1. The number of benzene rings is 1. The summed E-state index contributed by atoms with van der Waals surface area (Å²) in [7, 11) is 0. The largest absolute Gasteiger partial charge is 0.472 e. The Kier molecular flexibility index (Phi) is 3.49. The Morgan fingerprint density at radius 2 is 2.04 bits per heavy atom. The van der Waals surface area contributed by atoms with Crippen LogP contribution >= 0.6 is 0 Å². The number of hydrogen-bond donors (Lipinski definition) is 1. The number of anilines is 1. The molecule has 0 radical (unpaired) electrons. The molecule has 5 heteroatoms. The molecule has 1 aromatic carbocycles. The lowest BCUT2D eigenvalue weighted by Crippen LogP contribution is -2.25. The van der Waals surface area contributed by atoms with E-state index in [4.69, 9.17) is 9.52 Å². The fraction of sp³-hybridized carbons (Fsp3) is 0.263. The summed E-state index contributed by atoms with van der Waals surface area (Å²) in [6, 6.07) is 11.8. The Morgan fingerprint density at radius 3 is 2.71 bits per heavy atom. The van der Waals surface area contributed by atoms with Crippen LogP contribution in [-0.4, -0.2) is 15.7 Å². The zero-order valence-corrected chi connectivity index (χ0v) is 13.7. The third-order valence-electron chi connectivity index (χ3n) is 4.44. The van der Waals surface area contributed by atoms with Crippen molar-refractivity contribution in [3.8, 4) is 5.69 Å². The van der Waals surface area contributed by atoms with Crippen LogP contribution in [-0.2, 0) is 4.79 Å². The Labute approximate surface area is 140 Å². The summed E-state index contributed by atoms with van der Waals surface area (Å²) in [5, 5.41) is 7.85. The molecule has 1 atom stereocenters. The quantitative estimate of drug-likeness (QED) is 0.791. The monoisotopic (exact) mass is 321 g/mol. The summed E-state index contributed by atoms with van der Waals surface area (Å²) in [6.07, 6.45) is 3.78. The summed E-state index contributed by atoms with van der Waals surface area (Å²) >= 11 is 0. The van der Waals surface area contributed by atoms with Crippen LogP contribution in [0.25, 0.3) is 5.69 Å². The minimum Gasteiger partial charge on any atom is -0.472 e. The number of para-hydroxylation sites is 1. The van der Waals surface area contributed by atoms with Gasteiger partial charge in [-0.15, -0.1) is 0 Å². The number of aromatic nitrogens is 2. The molecule has 1 N–H and O–H groups in total. The minimum absolute atomic E-state index is 0.00101. The van der Waals surface area contributed by atoms with Crippen molar-refractivity contribution in [2.75, 3.05) is 5.32 Å². The fourth-order valence-electron chi connectivity index (χ4n) is 3.32. The molecule has 1 aliphatic rings. The van der Waals surface area contributed by atoms with Gasteiger partial charge in [0.25, 0.3) is 0 Å². The average Bonchev–Trinajstić information content (AvgIpc) is 3.22. The van der Waals surface area contributed by atoms with Crippen molar-refractivity contribution in [3.63, 3.8) is 0 Å². The molecule has 0 saturated carbocycles. The van der Waals surface area contributed by atoms with Crippen molar-refractivity contribution < 1.29 is 9.21 Å². The summed E-state index contributed by atoms with van der Waals surface area (Å²) in [5.74, 6) is 1.00. The Bertz CT molecular complexity index is 864. The van der Waals surface area contributed by atoms with Crippen LogP contribution < -0.4 is 5.32 Å². The Balaban J connectivity index is 1.95. The molecule has 24 heavy (non-hydrogen) atoms. The van der Waals surface area contributed by atoms with E-state index in [1.807, 2.05) is 41.1 Å². The lowest BCUT2D eigenvalue weighted by atomic mass is 9.85. The van der Waals surface area contributed by atoms with Crippen LogP contribution in [0.5, 0.6) is 0 Å². The maximum Gasteiger partial charge on any atom is 0.226 e. The van der Waals surface area contributed by atoms with E-state index < -0.39 is 0 Å². The molecule has 1 aliphatic heterocycles. The third kappa shape index (κ3) is 2.33. The smallest absolute Gasteiger partial charge is 0.226 e. The van der Waals surface area contributed by atoms with Gasteiger partial charge in [-0.1, -0.05) is 32.0 Å². The zero-order chi connectivity index (χ0) is 16.7. The second kappa shape index (κ2) is 5.67. The minimum atomic E-state index is -0.0256. The highest BCUT2D eigenvalue weighted by atomic mass is 16.3. The van der Waals surface area contributed by atoms with Gasteiger partial charge in [0, 0.05) is 17.9 Å². The van der Waals surface area contributed by atoms with Crippen LogP contribution in [0.3, 0.4) is 0 Å². The van der Waals surface area contributed by atoms with Gasteiger partial charge in [0.2, 0.25) is 5.91 Å². The van der Waals surface area contributed by atoms with E-state index in [1.165, 1.54) is 0 Å². The number of carbonyl (C=O) groups is 1. The van der Waals surface area contributed by atoms with Crippen LogP contribution in [0.1, 0.15) is 48.9 Å². The molecule has 1 unspecified atom stereocenters. The number of hydrogen-bond acceptors (Lipinski definition) is 3. The topological polar surface area (TPSA) is 60.1 Å². The SMILES string of the molecule is CC(C)c1nn(-c2ccccc2)c2c1C(c1ccoc1)CC(=O)N2. The molecule has 5 nitrogen and oxygen atoms in total. The van der Waals surface area contributed by atoms with E-state index in [-0.39, 0.29) is 17.7 Å². The van der Waals surface area contributed by atoms with Gasteiger partial charge >= 0.3 is 0 Å². The highest BCUT2D eigenvalue weighted by Crippen LogP contribution is 2.42. The van der Waals surface area contributed by atoms with Gasteiger partial charge in [-0.25, -0.2) is 4.68 Å². The summed E-state index contributed by atoms with van der Waals surface area (Å²) in [4.78, 5) is 12.3. The number of furan rings is 1. The van der Waals surface area contributed by atoms with E-state index in [0.717, 1.165) is 28.3 Å². The Morgan fingerprint density at radius 1 is 1.25 bits per heavy atom. The number of fused-ring (bicyclic) bond motifs is 1. The van der Waals surface area contributed by atoms with Crippen molar-refractivity contribution in [2.45, 2.75) is 32.1 Å². The molecular formula is C19H19N3O2. The first-order chi connectivity index (χ1) is 11.6. The lowest BCUT2D eigenvalue weighted by Gasteiger charge is -2.24. The van der Waals surface area contributed by atoms with Crippen molar-refractivity contribution >= 4 is 11.7 Å². The van der Waals surface area contributed by atoms with E-state index in [9.17, 15) is 4.79 Å². The molecule has 0 spiro atoms. The second-order valence-corrected chi connectivity index (χ2v) is 6.41. The second-order valence-electron chi connectivity index (χ2n) is 6.41. The van der Waals surface area contributed by atoms with E-state index >= 15 is 0 Å². The summed E-state index contributed by atoms with van der Waals surface area (Å²) in [6.45, 7) is 4.25. The number of carbonyl (C=O) groups excluding carboxylic acids is 1. The summed E-state index contributed by atoms with van der Waals surface area (Å²) in [5.41, 5.74) is 4.06. The highest BCUT2D eigenvalue weighted by molar-refractivity contribution is 5.95. The van der Waals surface area contributed by atoms with Crippen molar-refractivity contribution in [2.24, 2.45) is 0 Å². The highest BCUT2D eigenvalue weighted by Gasteiger charge is 2.34. The van der Waals surface area contributed by atoms with Crippen LogP contribution in [0.15, 0.2) is 53.3 Å². The van der Waals surface area contributed by atoms with Crippen molar-refractivity contribution in [1.82, 2.24) is 9.78 Å². The van der Waals surface area contributed by atoms with Gasteiger partial charge in [-0.2, -0.15) is 5.10 Å². The third-order valence-corrected chi connectivity index (χ3v) is 4.44. The average molecular weight is 321 g/mol. The van der Waals surface area contributed by atoms with Crippen LogP contribution in [0, 0.1) is 0 Å². The normalized spacial score (nSPS) is 17.0. The predicted molar refractivity (Wildman–Crippen MR) is 91.5 cm³/mol. The molecule has 0 aliphatic carbocycles. The molecular weight excluding hydrogens is 302 g/mol. The molecule has 122 valence electrons. The summed E-state index contributed by atoms with van der Waals surface area (Å²) < 4.78 is 7.09. The van der Waals surface area contributed by atoms with Gasteiger partial charge in [-0.05, 0) is 29.7 Å². The molecule has 3 aromatic rings. The zero-order valence-electron chi connectivity index (χ0n) is 13.7. The number of nitrogens with one attached hydrogen (secondary N) is 1. The number of nitrogens with zero attached hydrogens (tertiary/aromatic N) is 2. The van der Waals surface area contributed by atoms with Gasteiger partial charge in [-0.3, -0.25) is 4.79 Å².